The number of fused-ring (bicyclic) bond motifs is 1. The summed E-state index contributed by atoms with van der Waals surface area (Å²) >= 11 is 0. The lowest BCUT2D eigenvalue weighted by Crippen LogP contribution is -1.85. The Morgan fingerprint density at radius 3 is 2.85 bits per heavy atom. The molecule has 0 fully saturated rings. The largest absolute Gasteiger partial charge is 0.491 e. The maximum absolute atomic E-state index is 9.31. The first kappa shape index (κ1) is 8.10. The SMILES string of the molecule is CC(C)c1ccc2onc(O)c2c1. The van der Waals surface area contributed by atoms with Gasteiger partial charge in [0, 0.05) is 0 Å². The molecule has 1 aromatic heterocycles. The maximum Gasteiger partial charge on any atom is 0.259 e. The second-order valence-corrected chi connectivity index (χ2v) is 3.42. The molecule has 0 radical (unpaired) electrons. The van der Waals surface area contributed by atoms with Crippen molar-refractivity contribution in [1.82, 2.24) is 5.16 Å². The van der Waals surface area contributed by atoms with Gasteiger partial charge in [0.25, 0.3) is 5.88 Å². The number of benzene rings is 1. The Morgan fingerprint density at radius 2 is 2.15 bits per heavy atom. The van der Waals surface area contributed by atoms with E-state index in [4.69, 9.17) is 4.52 Å². The van der Waals surface area contributed by atoms with E-state index in [-0.39, 0.29) is 5.88 Å². The molecule has 3 heteroatoms. The molecule has 0 saturated carbocycles. The van der Waals surface area contributed by atoms with Gasteiger partial charge >= 0.3 is 0 Å². The molecule has 1 heterocycles. The van der Waals surface area contributed by atoms with E-state index in [0.29, 0.717) is 16.9 Å². The van der Waals surface area contributed by atoms with Gasteiger partial charge in [0.15, 0.2) is 5.58 Å². The van der Waals surface area contributed by atoms with Gasteiger partial charge in [0.05, 0.1) is 5.39 Å². The van der Waals surface area contributed by atoms with Crippen molar-refractivity contribution >= 4 is 11.0 Å². The third kappa shape index (κ3) is 1.26. The van der Waals surface area contributed by atoms with Crippen molar-refractivity contribution in [1.29, 1.82) is 0 Å². The number of aromatic nitrogens is 1. The van der Waals surface area contributed by atoms with Crippen LogP contribution in [-0.4, -0.2) is 10.3 Å². The van der Waals surface area contributed by atoms with Gasteiger partial charge < -0.3 is 9.63 Å². The Labute approximate surface area is 76.0 Å². The molecule has 1 N–H and O–H groups in total. The van der Waals surface area contributed by atoms with Gasteiger partial charge in [-0.25, -0.2) is 0 Å². The lowest BCUT2D eigenvalue weighted by atomic mass is 10.0. The molecular weight excluding hydrogens is 166 g/mol. The van der Waals surface area contributed by atoms with Crippen molar-refractivity contribution in [3.05, 3.63) is 23.8 Å². The normalized spacial score (nSPS) is 11.3. The number of aromatic hydroxyl groups is 1. The quantitative estimate of drug-likeness (QED) is 0.728. The highest BCUT2D eigenvalue weighted by molar-refractivity contribution is 5.82. The van der Waals surface area contributed by atoms with Crippen LogP contribution >= 0.6 is 0 Å². The molecule has 0 unspecified atom stereocenters. The smallest absolute Gasteiger partial charge is 0.259 e. The molecule has 0 spiro atoms. The third-order valence-corrected chi connectivity index (χ3v) is 2.14. The van der Waals surface area contributed by atoms with Crippen LogP contribution in [0.3, 0.4) is 0 Å². The van der Waals surface area contributed by atoms with Crippen LogP contribution in [0.5, 0.6) is 5.88 Å². The van der Waals surface area contributed by atoms with Gasteiger partial charge in [0.1, 0.15) is 0 Å². The van der Waals surface area contributed by atoms with Gasteiger partial charge in [0.2, 0.25) is 0 Å². The lowest BCUT2D eigenvalue weighted by molar-refractivity contribution is 0.376. The van der Waals surface area contributed by atoms with Crippen LogP contribution in [0.15, 0.2) is 22.7 Å². The molecule has 0 amide bonds. The van der Waals surface area contributed by atoms with E-state index in [9.17, 15) is 5.11 Å². The molecule has 0 saturated heterocycles. The summed E-state index contributed by atoms with van der Waals surface area (Å²) in [7, 11) is 0. The summed E-state index contributed by atoms with van der Waals surface area (Å²) in [5, 5.41) is 13.5. The average Bonchev–Trinajstić information content (AvgIpc) is 2.47. The highest BCUT2D eigenvalue weighted by Crippen LogP contribution is 2.27. The van der Waals surface area contributed by atoms with Crippen LogP contribution in [0, 0.1) is 0 Å². The van der Waals surface area contributed by atoms with Crippen molar-refractivity contribution < 1.29 is 9.63 Å². The first-order chi connectivity index (χ1) is 6.18. The summed E-state index contributed by atoms with van der Waals surface area (Å²) in [5.41, 5.74) is 1.80. The fraction of sp³-hybridized carbons (Fsp3) is 0.300. The molecule has 0 atom stereocenters. The molecule has 68 valence electrons. The van der Waals surface area contributed by atoms with Crippen molar-refractivity contribution in [3.63, 3.8) is 0 Å². The summed E-state index contributed by atoms with van der Waals surface area (Å²) in [5.74, 6) is 0.413. The standard InChI is InChI=1S/C10H11NO2/c1-6(2)7-3-4-9-8(5-7)10(12)11-13-9/h3-6H,1-2H3,(H,11,12). The first-order valence-electron chi connectivity index (χ1n) is 4.27. The van der Waals surface area contributed by atoms with Crippen LogP contribution in [0.2, 0.25) is 0 Å². The second-order valence-electron chi connectivity index (χ2n) is 3.42. The molecular formula is C10H11NO2. The minimum absolute atomic E-state index is 0.0301. The second kappa shape index (κ2) is 2.76. The fourth-order valence-corrected chi connectivity index (χ4v) is 1.30. The average molecular weight is 177 g/mol. The van der Waals surface area contributed by atoms with Crippen molar-refractivity contribution in [2.24, 2.45) is 0 Å². The summed E-state index contributed by atoms with van der Waals surface area (Å²) in [4.78, 5) is 0. The van der Waals surface area contributed by atoms with E-state index < -0.39 is 0 Å². The Bertz CT molecular complexity index is 431. The van der Waals surface area contributed by atoms with E-state index in [1.165, 1.54) is 5.56 Å². The van der Waals surface area contributed by atoms with Crippen LogP contribution < -0.4 is 0 Å². The van der Waals surface area contributed by atoms with Gasteiger partial charge in [-0.2, -0.15) is 0 Å². The predicted octanol–water partition coefficient (Wildman–Crippen LogP) is 2.66. The molecule has 1 aromatic carbocycles. The topological polar surface area (TPSA) is 46.3 Å². The van der Waals surface area contributed by atoms with Gasteiger partial charge in [-0.05, 0) is 28.8 Å². The van der Waals surface area contributed by atoms with E-state index in [1.54, 1.807) is 0 Å². The maximum atomic E-state index is 9.31. The zero-order chi connectivity index (χ0) is 9.42. The summed E-state index contributed by atoms with van der Waals surface area (Å²) in [6, 6.07) is 5.72. The molecule has 2 rings (SSSR count). The number of hydrogen-bond acceptors (Lipinski definition) is 3. The zero-order valence-electron chi connectivity index (χ0n) is 7.61. The predicted molar refractivity (Wildman–Crippen MR) is 49.8 cm³/mol. The highest BCUT2D eigenvalue weighted by atomic mass is 16.5. The molecule has 0 bridgehead atoms. The van der Waals surface area contributed by atoms with Crippen molar-refractivity contribution in [2.45, 2.75) is 19.8 Å². The van der Waals surface area contributed by atoms with Gasteiger partial charge in [-0.15, -0.1) is 0 Å². The van der Waals surface area contributed by atoms with Crippen LogP contribution in [0.4, 0.5) is 0 Å². The number of nitrogens with zero attached hydrogens (tertiary/aromatic N) is 1. The van der Waals surface area contributed by atoms with Gasteiger partial charge in [-0.3, -0.25) is 0 Å². The van der Waals surface area contributed by atoms with E-state index in [0.717, 1.165) is 0 Å². The minimum atomic E-state index is -0.0301. The monoisotopic (exact) mass is 177 g/mol. The molecule has 0 aliphatic carbocycles. The Balaban J connectivity index is 2.66. The van der Waals surface area contributed by atoms with Crippen LogP contribution in [0.1, 0.15) is 25.3 Å². The van der Waals surface area contributed by atoms with E-state index >= 15 is 0 Å². The van der Waals surface area contributed by atoms with Gasteiger partial charge in [-0.1, -0.05) is 19.9 Å². The van der Waals surface area contributed by atoms with Crippen LogP contribution in [-0.2, 0) is 0 Å². The third-order valence-electron chi connectivity index (χ3n) is 2.14. The van der Waals surface area contributed by atoms with Crippen LogP contribution in [0.25, 0.3) is 11.0 Å². The minimum Gasteiger partial charge on any atom is -0.491 e. The fourth-order valence-electron chi connectivity index (χ4n) is 1.30. The van der Waals surface area contributed by atoms with Crippen molar-refractivity contribution in [2.75, 3.05) is 0 Å². The summed E-state index contributed by atoms with van der Waals surface area (Å²) in [6.45, 7) is 4.21. The molecule has 13 heavy (non-hydrogen) atoms. The van der Waals surface area contributed by atoms with E-state index in [2.05, 4.69) is 19.0 Å². The van der Waals surface area contributed by atoms with Crippen molar-refractivity contribution in [3.8, 4) is 5.88 Å². The molecule has 0 aliphatic heterocycles. The Morgan fingerprint density at radius 1 is 1.38 bits per heavy atom. The Hall–Kier alpha value is -1.51. The number of hydrogen-bond donors (Lipinski definition) is 1. The molecule has 2 aromatic rings. The zero-order valence-corrected chi connectivity index (χ0v) is 7.61. The Kier molecular flexibility index (Phi) is 1.72. The van der Waals surface area contributed by atoms with E-state index in [1.807, 2.05) is 18.2 Å². The number of rotatable bonds is 1. The molecule has 3 nitrogen and oxygen atoms in total. The molecule has 0 aliphatic rings. The first-order valence-corrected chi connectivity index (χ1v) is 4.27. The summed E-state index contributed by atoms with van der Waals surface area (Å²) in [6.07, 6.45) is 0. The summed E-state index contributed by atoms with van der Waals surface area (Å²) < 4.78 is 4.88. The highest BCUT2D eigenvalue weighted by Gasteiger charge is 2.08. The lowest BCUT2D eigenvalue weighted by Gasteiger charge is -2.03.